The first-order chi connectivity index (χ1) is 9.66. The summed E-state index contributed by atoms with van der Waals surface area (Å²) in [5.41, 5.74) is 7.01. The molecule has 0 aromatic heterocycles. The van der Waals surface area contributed by atoms with Crippen molar-refractivity contribution < 1.29 is 9.90 Å². The van der Waals surface area contributed by atoms with E-state index in [1.54, 1.807) is 0 Å². The molecule has 4 N–H and O–H groups in total. The standard InChI is InChI=1S/C16H24N2O2/c17-13(12-7-3-1-4-8-12)11-16(20)18-14-9-5-2-6-10-15(14)19/h1,3-4,7-8,13-15,19H,2,5-6,9-11,17H2,(H,18,20). The lowest BCUT2D eigenvalue weighted by molar-refractivity contribution is -0.123. The molecule has 2 rings (SSSR count). The third-order valence-electron chi connectivity index (χ3n) is 3.96. The van der Waals surface area contributed by atoms with Crippen LogP contribution in [0.5, 0.6) is 0 Å². The molecule has 3 atom stereocenters. The summed E-state index contributed by atoms with van der Waals surface area (Å²) in [7, 11) is 0. The van der Waals surface area contributed by atoms with Gasteiger partial charge in [0.2, 0.25) is 5.91 Å². The van der Waals surface area contributed by atoms with Crippen LogP contribution in [0.2, 0.25) is 0 Å². The Labute approximate surface area is 120 Å². The molecule has 3 unspecified atom stereocenters. The largest absolute Gasteiger partial charge is 0.391 e. The molecule has 20 heavy (non-hydrogen) atoms. The predicted octanol–water partition coefficient (Wildman–Crippen LogP) is 1.89. The first kappa shape index (κ1) is 15.0. The Morgan fingerprint density at radius 1 is 1.25 bits per heavy atom. The van der Waals surface area contributed by atoms with Gasteiger partial charge in [-0.05, 0) is 18.4 Å². The van der Waals surface area contributed by atoms with Crippen molar-refractivity contribution in [3.8, 4) is 0 Å². The lowest BCUT2D eigenvalue weighted by atomic mass is 10.0. The molecule has 1 aliphatic carbocycles. The minimum atomic E-state index is -0.422. The Bertz CT molecular complexity index is 422. The van der Waals surface area contributed by atoms with Gasteiger partial charge in [0.05, 0.1) is 12.1 Å². The number of carbonyl (C=O) groups is 1. The number of amides is 1. The monoisotopic (exact) mass is 276 g/mol. The first-order valence-corrected chi connectivity index (χ1v) is 7.45. The fourth-order valence-electron chi connectivity index (χ4n) is 2.74. The summed E-state index contributed by atoms with van der Waals surface area (Å²) >= 11 is 0. The molecule has 1 fully saturated rings. The number of aliphatic hydroxyl groups is 1. The molecule has 4 nitrogen and oxygen atoms in total. The third kappa shape index (κ3) is 4.32. The Kier molecular flexibility index (Phi) is 5.56. The smallest absolute Gasteiger partial charge is 0.222 e. The van der Waals surface area contributed by atoms with Crippen LogP contribution in [-0.2, 0) is 4.79 Å². The van der Waals surface area contributed by atoms with Gasteiger partial charge in [-0.3, -0.25) is 4.79 Å². The number of aliphatic hydroxyl groups excluding tert-OH is 1. The minimum absolute atomic E-state index is 0.0766. The summed E-state index contributed by atoms with van der Waals surface area (Å²) < 4.78 is 0. The highest BCUT2D eigenvalue weighted by atomic mass is 16.3. The van der Waals surface area contributed by atoms with E-state index in [1.165, 1.54) is 0 Å². The lowest BCUT2D eigenvalue weighted by Crippen LogP contribution is -2.43. The van der Waals surface area contributed by atoms with E-state index < -0.39 is 6.10 Å². The Morgan fingerprint density at radius 2 is 1.95 bits per heavy atom. The highest BCUT2D eigenvalue weighted by molar-refractivity contribution is 5.77. The van der Waals surface area contributed by atoms with Gasteiger partial charge in [0.15, 0.2) is 0 Å². The average Bonchev–Trinajstić information content (AvgIpc) is 2.65. The van der Waals surface area contributed by atoms with Crippen molar-refractivity contribution in [2.75, 3.05) is 0 Å². The zero-order valence-electron chi connectivity index (χ0n) is 11.8. The molecule has 0 bridgehead atoms. The second-order valence-corrected chi connectivity index (χ2v) is 5.60. The number of nitrogens with two attached hydrogens (primary N) is 1. The summed E-state index contributed by atoms with van der Waals surface area (Å²) in [5, 5.41) is 12.9. The quantitative estimate of drug-likeness (QED) is 0.735. The van der Waals surface area contributed by atoms with Crippen LogP contribution in [-0.4, -0.2) is 23.2 Å². The van der Waals surface area contributed by atoms with Gasteiger partial charge in [0.25, 0.3) is 0 Å². The first-order valence-electron chi connectivity index (χ1n) is 7.45. The van der Waals surface area contributed by atoms with E-state index in [9.17, 15) is 9.90 Å². The van der Waals surface area contributed by atoms with Crippen LogP contribution in [0, 0.1) is 0 Å². The SMILES string of the molecule is NC(CC(=O)NC1CCCCCC1O)c1ccccc1. The minimum Gasteiger partial charge on any atom is -0.391 e. The predicted molar refractivity (Wildman–Crippen MR) is 79.0 cm³/mol. The number of hydrogen-bond acceptors (Lipinski definition) is 3. The second kappa shape index (κ2) is 7.41. The van der Waals surface area contributed by atoms with Crippen molar-refractivity contribution in [1.29, 1.82) is 0 Å². The van der Waals surface area contributed by atoms with Gasteiger partial charge in [-0.25, -0.2) is 0 Å². The van der Waals surface area contributed by atoms with Crippen molar-refractivity contribution in [2.45, 2.75) is 56.7 Å². The maximum absolute atomic E-state index is 12.1. The summed E-state index contributed by atoms with van der Waals surface area (Å²) in [6.45, 7) is 0. The van der Waals surface area contributed by atoms with Gasteiger partial charge >= 0.3 is 0 Å². The summed E-state index contributed by atoms with van der Waals surface area (Å²) in [6, 6.07) is 9.21. The summed E-state index contributed by atoms with van der Waals surface area (Å²) in [4.78, 5) is 12.1. The number of nitrogens with one attached hydrogen (secondary N) is 1. The second-order valence-electron chi connectivity index (χ2n) is 5.60. The molecular weight excluding hydrogens is 252 g/mol. The van der Waals surface area contributed by atoms with Crippen LogP contribution < -0.4 is 11.1 Å². The van der Waals surface area contributed by atoms with Crippen molar-refractivity contribution in [3.05, 3.63) is 35.9 Å². The van der Waals surface area contributed by atoms with Crippen LogP contribution in [0.25, 0.3) is 0 Å². The van der Waals surface area contributed by atoms with E-state index in [4.69, 9.17) is 5.73 Å². The van der Waals surface area contributed by atoms with Crippen LogP contribution in [0.3, 0.4) is 0 Å². The molecule has 1 aromatic rings. The van der Waals surface area contributed by atoms with Crippen molar-refractivity contribution in [2.24, 2.45) is 5.73 Å². The lowest BCUT2D eigenvalue weighted by Gasteiger charge is -2.22. The number of hydrogen-bond donors (Lipinski definition) is 3. The third-order valence-corrected chi connectivity index (χ3v) is 3.96. The zero-order chi connectivity index (χ0) is 14.4. The Morgan fingerprint density at radius 3 is 2.70 bits per heavy atom. The van der Waals surface area contributed by atoms with Gasteiger partial charge in [0.1, 0.15) is 0 Å². The van der Waals surface area contributed by atoms with Gasteiger partial charge in [0, 0.05) is 12.5 Å². The van der Waals surface area contributed by atoms with Gasteiger partial charge in [-0.2, -0.15) is 0 Å². The molecule has 0 radical (unpaired) electrons. The molecule has 110 valence electrons. The fourth-order valence-corrected chi connectivity index (χ4v) is 2.74. The van der Waals surface area contributed by atoms with Crippen LogP contribution in [0.1, 0.15) is 50.1 Å². The molecule has 0 spiro atoms. The van der Waals surface area contributed by atoms with Crippen molar-refractivity contribution in [1.82, 2.24) is 5.32 Å². The van der Waals surface area contributed by atoms with E-state index in [0.717, 1.165) is 37.7 Å². The molecule has 1 aliphatic rings. The normalized spacial score (nSPS) is 24.7. The number of carbonyl (C=O) groups excluding carboxylic acids is 1. The molecule has 0 heterocycles. The van der Waals surface area contributed by atoms with Crippen LogP contribution in [0.15, 0.2) is 30.3 Å². The average molecular weight is 276 g/mol. The van der Waals surface area contributed by atoms with E-state index in [-0.39, 0.29) is 24.4 Å². The molecule has 1 saturated carbocycles. The maximum Gasteiger partial charge on any atom is 0.222 e. The number of benzene rings is 1. The summed E-state index contributed by atoms with van der Waals surface area (Å²) in [5.74, 6) is -0.0766. The van der Waals surface area contributed by atoms with Gasteiger partial charge < -0.3 is 16.2 Å². The maximum atomic E-state index is 12.1. The Hall–Kier alpha value is -1.39. The topological polar surface area (TPSA) is 75.4 Å². The fraction of sp³-hybridized carbons (Fsp3) is 0.562. The van der Waals surface area contributed by atoms with Crippen LogP contribution >= 0.6 is 0 Å². The van der Waals surface area contributed by atoms with Crippen LogP contribution in [0.4, 0.5) is 0 Å². The highest BCUT2D eigenvalue weighted by Gasteiger charge is 2.23. The van der Waals surface area contributed by atoms with E-state index >= 15 is 0 Å². The highest BCUT2D eigenvalue weighted by Crippen LogP contribution is 2.19. The molecule has 1 amide bonds. The van der Waals surface area contributed by atoms with Crippen molar-refractivity contribution >= 4 is 5.91 Å². The van der Waals surface area contributed by atoms with Crippen molar-refractivity contribution in [3.63, 3.8) is 0 Å². The van der Waals surface area contributed by atoms with E-state index in [2.05, 4.69) is 5.32 Å². The van der Waals surface area contributed by atoms with E-state index in [1.807, 2.05) is 30.3 Å². The summed E-state index contributed by atoms with van der Waals surface area (Å²) in [6.07, 6.45) is 4.70. The molecule has 1 aromatic carbocycles. The van der Waals surface area contributed by atoms with Gasteiger partial charge in [-0.1, -0.05) is 49.6 Å². The Balaban J connectivity index is 1.85. The number of rotatable bonds is 4. The molecule has 0 aliphatic heterocycles. The molecular formula is C16H24N2O2. The zero-order valence-corrected chi connectivity index (χ0v) is 11.8. The molecule has 0 saturated heterocycles. The van der Waals surface area contributed by atoms with Gasteiger partial charge in [-0.15, -0.1) is 0 Å². The molecule has 4 heteroatoms. The van der Waals surface area contributed by atoms with E-state index in [0.29, 0.717) is 0 Å².